The Morgan fingerprint density at radius 3 is 2.58 bits per heavy atom. The Morgan fingerprint density at radius 2 is 2.05 bits per heavy atom. The molecule has 0 saturated heterocycles. The third kappa shape index (κ3) is 5.25. The van der Waals surface area contributed by atoms with Crippen LogP contribution in [0.5, 0.6) is 11.5 Å². The maximum absolute atomic E-state index is 12.1. The molecule has 0 aliphatic rings. The highest BCUT2D eigenvalue weighted by molar-refractivity contribution is 6.29. The maximum atomic E-state index is 12.1. The number of methoxy groups -OCH3 is 1. The average molecular weight is 298 g/mol. The molecule has 0 radical (unpaired) electrons. The molecule has 1 rings (SSSR count). The quantitative estimate of drug-likeness (QED) is 0.850. The van der Waals surface area contributed by atoms with Gasteiger partial charge in [-0.3, -0.25) is 4.79 Å². The van der Waals surface area contributed by atoms with Gasteiger partial charge in [-0.05, 0) is 12.1 Å². The van der Waals surface area contributed by atoms with Gasteiger partial charge in [0.05, 0.1) is 7.11 Å². The topological polar surface area (TPSA) is 47.6 Å². The molecule has 8 heteroatoms. The molecule has 19 heavy (non-hydrogen) atoms. The zero-order chi connectivity index (χ0) is 14.5. The lowest BCUT2D eigenvalue weighted by atomic mass is 10.2. The summed E-state index contributed by atoms with van der Waals surface area (Å²) in [5, 5.41) is 2.39. The predicted octanol–water partition coefficient (Wildman–Crippen LogP) is 2.81. The molecular formula is C11H11ClF3NO3. The SMILES string of the molecule is COc1ccc(NC(=O)CCl)cc1OCC(F)(F)F. The second-order valence-corrected chi connectivity index (χ2v) is 3.72. The Hall–Kier alpha value is -1.63. The number of alkyl halides is 4. The molecule has 0 unspecified atom stereocenters. The summed E-state index contributed by atoms with van der Waals surface area (Å²) in [6.07, 6.45) is -4.46. The van der Waals surface area contributed by atoms with Gasteiger partial charge in [-0.2, -0.15) is 13.2 Å². The Bertz CT molecular complexity index is 451. The van der Waals surface area contributed by atoms with Gasteiger partial charge >= 0.3 is 6.18 Å². The minimum Gasteiger partial charge on any atom is -0.493 e. The molecule has 0 aromatic heterocycles. The Balaban J connectivity index is 2.86. The van der Waals surface area contributed by atoms with Crippen LogP contribution in [-0.4, -0.2) is 31.7 Å². The van der Waals surface area contributed by atoms with Gasteiger partial charge in [0.15, 0.2) is 18.1 Å². The molecule has 0 aliphatic heterocycles. The molecule has 0 aliphatic carbocycles. The molecule has 1 amide bonds. The molecule has 1 aromatic carbocycles. The van der Waals surface area contributed by atoms with Crippen LogP contribution in [0.3, 0.4) is 0 Å². The first-order chi connectivity index (χ1) is 8.85. The van der Waals surface area contributed by atoms with Crippen molar-refractivity contribution in [3.63, 3.8) is 0 Å². The molecule has 1 N–H and O–H groups in total. The summed E-state index contributed by atoms with van der Waals surface area (Å²) in [4.78, 5) is 11.1. The molecule has 1 aromatic rings. The molecular weight excluding hydrogens is 287 g/mol. The molecule has 0 atom stereocenters. The first-order valence-corrected chi connectivity index (χ1v) is 5.62. The van der Waals surface area contributed by atoms with E-state index < -0.39 is 18.7 Å². The van der Waals surface area contributed by atoms with Crippen molar-refractivity contribution in [1.29, 1.82) is 0 Å². The number of amides is 1. The zero-order valence-electron chi connectivity index (χ0n) is 9.88. The van der Waals surface area contributed by atoms with Crippen LogP contribution in [-0.2, 0) is 4.79 Å². The highest BCUT2D eigenvalue weighted by atomic mass is 35.5. The summed E-state index contributed by atoms with van der Waals surface area (Å²) >= 11 is 5.30. The van der Waals surface area contributed by atoms with E-state index in [2.05, 4.69) is 10.1 Å². The minimum atomic E-state index is -4.46. The van der Waals surface area contributed by atoms with Crippen molar-refractivity contribution in [1.82, 2.24) is 0 Å². The highest BCUT2D eigenvalue weighted by Crippen LogP contribution is 2.31. The Morgan fingerprint density at radius 1 is 1.37 bits per heavy atom. The Labute approximate surface area is 112 Å². The Kier molecular flexibility index (Phi) is 5.29. The van der Waals surface area contributed by atoms with Crippen LogP contribution < -0.4 is 14.8 Å². The third-order valence-electron chi connectivity index (χ3n) is 1.96. The van der Waals surface area contributed by atoms with E-state index in [4.69, 9.17) is 16.3 Å². The van der Waals surface area contributed by atoms with E-state index >= 15 is 0 Å². The van der Waals surface area contributed by atoms with Gasteiger partial charge < -0.3 is 14.8 Å². The van der Waals surface area contributed by atoms with Gasteiger partial charge in [0.25, 0.3) is 0 Å². The molecule has 0 spiro atoms. The number of hydrogen-bond donors (Lipinski definition) is 1. The summed E-state index contributed by atoms with van der Waals surface area (Å²) in [5.74, 6) is -0.723. The van der Waals surface area contributed by atoms with E-state index in [1.54, 1.807) is 0 Å². The number of carbonyl (C=O) groups is 1. The number of halogens is 4. The molecule has 0 heterocycles. The minimum absolute atomic E-state index is 0.118. The fourth-order valence-electron chi connectivity index (χ4n) is 1.22. The largest absolute Gasteiger partial charge is 0.493 e. The maximum Gasteiger partial charge on any atom is 0.422 e. The van der Waals surface area contributed by atoms with Crippen LogP contribution >= 0.6 is 11.6 Å². The van der Waals surface area contributed by atoms with Crippen molar-refractivity contribution in [2.24, 2.45) is 0 Å². The number of anilines is 1. The fourth-order valence-corrected chi connectivity index (χ4v) is 1.29. The summed E-state index contributed by atoms with van der Waals surface area (Å²) in [5.41, 5.74) is 0.267. The number of ether oxygens (including phenoxy) is 2. The van der Waals surface area contributed by atoms with Crippen LogP contribution in [0.1, 0.15) is 0 Å². The van der Waals surface area contributed by atoms with Gasteiger partial charge in [0, 0.05) is 11.8 Å². The molecule has 0 saturated carbocycles. The van der Waals surface area contributed by atoms with E-state index in [1.165, 1.54) is 25.3 Å². The molecule has 4 nitrogen and oxygen atoms in total. The second kappa shape index (κ2) is 6.51. The standard InChI is InChI=1S/C11H11ClF3NO3/c1-18-8-3-2-7(16-10(17)5-12)4-9(8)19-6-11(13,14)15/h2-4H,5-6H2,1H3,(H,16,17). The lowest BCUT2D eigenvalue weighted by Gasteiger charge is -2.13. The van der Waals surface area contributed by atoms with Crippen molar-refractivity contribution in [3.05, 3.63) is 18.2 Å². The van der Waals surface area contributed by atoms with Crippen LogP contribution in [0.25, 0.3) is 0 Å². The van der Waals surface area contributed by atoms with Gasteiger partial charge in [-0.15, -0.1) is 11.6 Å². The van der Waals surface area contributed by atoms with Crippen LogP contribution in [0.2, 0.25) is 0 Å². The number of hydrogen-bond acceptors (Lipinski definition) is 3. The number of benzene rings is 1. The smallest absolute Gasteiger partial charge is 0.422 e. The zero-order valence-corrected chi connectivity index (χ0v) is 10.6. The fraction of sp³-hybridized carbons (Fsp3) is 0.364. The van der Waals surface area contributed by atoms with Crippen molar-refractivity contribution in [2.75, 3.05) is 24.9 Å². The van der Waals surface area contributed by atoms with E-state index in [0.29, 0.717) is 0 Å². The van der Waals surface area contributed by atoms with Crippen molar-refractivity contribution >= 4 is 23.2 Å². The average Bonchev–Trinajstić information content (AvgIpc) is 2.35. The number of nitrogens with one attached hydrogen (secondary N) is 1. The van der Waals surface area contributed by atoms with E-state index in [-0.39, 0.29) is 23.1 Å². The number of rotatable bonds is 5. The van der Waals surface area contributed by atoms with Crippen molar-refractivity contribution in [2.45, 2.75) is 6.18 Å². The lowest BCUT2D eigenvalue weighted by Crippen LogP contribution is -2.19. The van der Waals surface area contributed by atoms with Crippen LogP contribution in [0.15, 0.2) is 18.2 Å². The summed E-state index contributed by atoms with van der Waals surface area (Å²) < 4.78 is 45.7. The van der Waals surface area contributed by atoms with Crippen molar-refractivity contribution < 1.29 is 27.4 Å². The monoisotopic (exact) mass is 297 g/mol. The molecule has 0 bridgehead atoms. The van der Waals surface area contributed by atoms with E-state index in [0.717, 1.165) is 0 Å². The number of carbonyl (C=O) groups excluding carboxylic acids is 1. The summed E-state index contributed by atoms with van der Waals surface area (Å²) in [6, 6.07) is 4.08. The first-order valence-electron chi connectivity index (χ1n) is 5.09. The van der Waals surface area contributed by atoms with Gasteiger partial charge in [0.2, 0.25) is 5.91 Å². The first kappa shape index (κ1) is 15.4. The highest BCUT2D eigenvalue weighted by Gasteiger charge is 2.29. The van der Waals surface area contributed by atoms with Crippen LogP contribution in [0, 0.1) is 0 Å². The second-order valence-electron chi connectivity index (χ2n) is 3.45. The van der Waals surface area contributed by atoms with Gasteiger partial charge in [-0.1, -0.05) is 0 Å². The molecule has 106 valence electrons. The third-order valence-corrected chi connectivity index (χ3v) is 2.20. The van der Waals surface area contributed by atoms with Crippen LogP contribution in [0.4, 0.5) is 18.9 Å². The molecule has 0 fully saturated rings. The predicted molar refractivity (Wildman–Crippen MR) is 63.9 cm³/mol. The van der Waals surface area contributed by atoms with E-state index in [1.807, 2.05) is 0 Å². The van der Waals surface area contributed by atoms with Gasteiger partial charge in [0.1, 0.15) is 5.88 Å². The summed E-state index contributed by atoms with van der Waals surface area (Å²) in [6.45, 7) is -1.45. The lowest BCUT2D eigenvalue weighted by molar-refractivity contribution is -0.153. The normalized spacial score (nSPS) is 11.0. The summed E-state index contributed by atoms with van der Waals surface area (Å²) in [7, 11) is 1.30. The van der Waals surface area contributed by atoms with Crippen molar-refractivity contribution in [3.8, 4) is 11.5 Å². The van der Waals surface area contributed by atoms with E-state index in [9.17, 15) is 18.0 Å². The van der Waals surface area contributed by atoms with Gasteiger partial charge in [-0.25, -0.2) is 0 Å².